The van der Waals surface area contributed by atoms with E-state index in [1.807, 2.05) is 12.1 Å². The molecule has 1 aromatic rings. The van der Waals surface area contributed by atoms with Gasteiger partial charge < -0.3 is 10.6 Å². The number of likely N-dealkylation sites (tertiary alicyclic amines) is 1. The van der Waals surface area contributed by atoms with Crippen molar-refractivity contribution in [3.05, 3.63) is 35.6 Å². The van der Waals surface area contributed by atoms with Crippen molar-refractivity contribution in [3.63, 3.8) is 0 Å². The summed E-state index contributed by atoms with van der Waals surface area (Å²) >= 11 is 0. The van der Waals surface area contributed by atoms with Crippen molar-refractivity contribution in [1.82, 2.24) is 4.90 Å². The van der Waals surface area contributed by atoms with Crippen LogP contribution in [0.1, 0.15) is 18.9 Å². The number of nitrogens with two attached hydrogens (primary N) is 1. The van der Waals surface area contributed by atoms with Gasteiger partial charge >= 0.3 is 0 Å². The van der Waals surface area contributed by atoms with Crippen LogP contribution >= 0.6 is 0 Å². The van der Waals surface area contributed by atoms with E-state index in [1.165, 1.54) is 30.7 Å². The third-order valence-corrected chi connectivity index (χ3v) is 4.13. The number of halogens is 1. The molecule has 100 valence electrons. The number of benzene rings is 1. The fourth-order valence-electron chi connectivity index (χ4n) is 2.67. The van der Waals surface area contributed by atoms with Crippen molar-refractivity contribution < 1.29 is 4.39 Å². The summed E-state index contributed by atoms with van der Waals surface area (Å²) in [7, 11) is 0. The van der Waals surface area contributed by atoms with E-state index in [2.05, 4.69) is 11.8 Å². The van der Waals surface area contributed by atoms with E-state index in [-0.39, 0.29) is 5.82 Å². The molecule has 3 heteroatoms. The zero-order chi connectivity index (χ0) is 13.0. The Morgan fingerprint density at radius 1 is 1.33 bits per heavy atom. The molecular weight excluding hydrogens is 227 g/mol. The average molecular weight is 250 g/mol. The maximum absolute atomic E-state index is 12.8. The molecule has 1 aromatic carbocycles. The van der Waals surface area contributed by atoms with Gasteiger partial charge in [-0.3, -0.25) is 0 Å². The van der Waals surface area contributed by atoms with Gasteiger partial charge in [0, 0.05) is 13.1 Å². The number of hydrogen-bond acceptors (Lipinski definition) is 2. The Morgan fingerprint density at radius 3 is 2.72 bits per heavy atom. The molecule has 2 nitrogen and oxygen atoms in total. The zero-order valence-corrected chi connectivity index (χ0v) is 11.1. The summed E-state index contributed by atoms with van der Waals surface area (Å²) in [5.74, 6) is 1.22. The molecule has 0 spiro atoms. The second-order valence-corrected chi connectivity index (χ2v) is 5.44. The summed E-state index contributed by atoms with van der Waals surface area (Å²) in [6.07, 6.45) is 2.23. The molecule has 0 unspecified atom stereocenters. The van der Waals surface area contributed by atoms with E-state index in [1.54, 1.807) is 0 Å². The fraction of sp³-hybridized carbons (Fsp3) is 0.600. The molecule has 0 radical (unpaired) electrons. The highest BCUT2D eigenvalue weighted by Crippen LogP contribution is 2.22. The minimum absolute atomic E-state index is 0.159. The highest BCUT2D eigenvalue weighted by atomic mass is 19.1. The predicted molar refractivity (Wildman–Crippen MR) is 72.9 cm³/mol. The largest absolute Gasteiger partial charge is 0.330 e. The van der Waals surface area contributed by atoms with Gasteiger partial charge in [-0.05, 0) is 55.5 Å². The van der Waals surface area contributed by atoms with Gasteiger partial charge in [-0.2, -0.15) is 0 Å². The first-order chi connectivity index (χ1) is 8.69. The van der Waals surface area contributed by atoms with E-state index >= 15 is 0 Å². The molecule has 2 atom stereocenters. The lowest BCUT2D eigenvalue weighted by Crippen LogP contribution is -2.43. The van der Waals surface area contributed by atoms with Crippen LogP contribution in [0.25, 0.3) is 0 Å². The van der Waals surface area contributed by atoms with Crippen LogP contribution < -0.4 is 5.73 Å². The highest BCUT2D eigenvalue weighted by molar-refractivity contribution is 5.16. The van der Waals surface area contributed by atoms with Gasteiger partial charge in [0.2, 0.25) is 0 Å². The topological polar surface area (TPSA) is 29.3 Å². The van der Waals surface area contributed by atoms with Crippen LogP contribution in [0.4, 0.5) is 4.39 Å². The van der Waals surface area contributed by atoms with Crippen LogP contribution in [0.2, 0.25) is 0 Å². The molecule has 1 aliphatic heterocycles. The maximum Gasteiger partial charge on any atom is 0.123 e. The van der Waals surface area contributed by atoms with Crippen LogP contribution in [-0.4, -0.2) is 31.1 Å². The van der Waals surface area contributed by atoms with E-state index < -0.39 is 0 Å². The lowest BCUT2D eigenvalue weighted by molar-refractivity contribution is 0.133. The Labute approximate surface area is 109 Å². The third kappa shape index (κ3) is 3.53. The number of rotatable bonds is 4. The summed E-state index contributed by atoms with van der Waals surface area (Å²) in [5, 5.41) is 0. The number of piperidine rings is 1. The molecule has 1 fully saturated rings. The van der Waals surface area contributed by atoms with E-state index in [0.29, 0.717) is 5.92 Å². The van der Waals surface area contributed by atoms with Crippen molar-refractivity contribution >= 4 is 0 Å². The summed E-state index contributed by atoms with van der Waals surface area (Å²) < 4.78 is 12.8. The smallest absolute Gasteiger partial charge is 0.123 e. The summed E-state index contributed by atoms with van der Waals surface area (Å²) in [5.41, 5.74) is 7.02. The summed E-state index contributed by atoms with van der Waals surface area (Å²) in [6.45, 7) is 6.41. The quantitative estimate of drug-likeness (QED) is 0.888. The third-order valence-electron chi connectivity index (χ3n) is 4.13. The molecule has 0 aliphatic carbocycles. The van der Waals surface area contributed by atoms with Gasteiger partial charge in [-0.15, -0.1) is 0 Å². The number of hydrogen-bond donors (Lipinski definition) is 1. The molecule has 2 rings (SSSR count). The molecule has 0 saturated carbocycles. The van der Waals surface area contributed by atoms with Crippen LogP contribution in [-0.2, 0) is 6.42 Å². The molecule has 1 aliphatic rings. The Hall–Kier alpha value is -0.930. The lowest BCUT2D eigenvalue weighted by atomic mass is 9.87. The number of nitrogens with zero attached hydrogens (tertiary/aromatic N) is 1. The van der Waals surface area contributed by atoms with Crippen LogP contribution in [0.3, 0.4) is 0 Å². The van der Waals surface area contributed by atoms with Gasteiger partial charge in [0.15, 0.2) is 0 Å². The Bertz CT molecular complexity index is 363. The minimum atomic E-state index is -0.159. The molecule has 0 aromatic heterocycles. The first kappa shape index (κ1) is 13.5. The highest BCUT2D eigenvalue weighted by Gasteiger charge is 2.24. The summed E-state index contributed by atoms with van der Waals surface area (Å²) in [4.78, 5) is 2.49. The van der Waals surface area contributed by atoms with Crippen molar-refractivity contribution in [3.8, 4) is 0 Å². The molecule has 0 bridgehead atoms. The molecular formula is C15H23FN2. The molecule has 1 saturated heterocycles. The van der Waals surface area contributed by atoms with E-state index in [0.717, 1.165) is 32.0 Å². The predicted octanol–water partition coefficient (Wildman–Crippen LogP) is 2.28. The van der Waals surface area contributed by atoms with Gasteiger partial charge in [0.25, 0.3) is 0 Å². The average Bonchev–Trinajstić information content (AvgIpc) is 2.39. The molecule has 0 amide bonds. The van der Waals surface area contributed by atoms with Crippen molar-refractivity contribution in [2.45, 2.75) is 19.8 Å². The SMILES string of the molecule is C[C@H]1CCN(CCc2ccc(F)cc2)C[C@H]1CN. The monoisotopic (exact) mass is 250 g/mol. The van der Waals surface area contributed by atoms with Crippen molar-refractivity contribution in [2.75, 3.05) is 26.2 Å². The van der Waals surface area contributed by atoms with Crippen LogP contribution in [0.15, 0.2) is 24.3 Å². The Kier molecular flexibility index (Phi) is 4.72. The second-order valence-electron chi connectivity index (χ2n) is 5.44. The molecule has 2 N–H and O–H groups in total. The molecule has 18 heavy (non-hydrogen) atoms. The standard InChI is InChI=1S/C15H23FN2/c1-12-6-8-18(11-14(12)10-17)9-7-13-2-4-15(16)5-3-13/h2-5,12,14H,6-11,17H2,1H3/t12-,14+/m0/s1. The Morgan fingerprint density at radius 2 is 2.06 bits per heavy atom. The minimum Gasteiger partial charge on any atom is -0.330 e. The van der Waals surface area contributed by atoms with Gasteiger partial charge in [0.05, 0.1) is 0 Å². The first-order valence-corrected chi connectivity index (χ1v) is 6.86. The Balaban J connectivity index is 1.81. The lowest BCUT2D eigenvalue weighted by Gasteiger charge is -2.36. The fourth-order valence-corrected chi connectivity index (χ4v) is 2.67. The molecule has 1 heterocycles. The van der Waals surface area contributed by atoms with E-state index in [4.69, 9.17) is 5.73 Å². The van der Waals surface area contributed by atoms with Gasteiger partial charge in [-0.25, -0.2) is 4.39 Å². The van der Waals surface area contributed by atoms with Gasteiger partial charge in [0.1, 0.15) is 5.82 Å². The van der Waals surface area contributed by atoms with Crippen molar-refractivity contribution in [1.29, 1.82) is 0 Å². The zero-order valence-electron chi connectivity index (χ0n) is 11.1. The van der Waals surface area contributed by atoms with E-state index in [9.17, 15) is 4.39 Å². The normalized spacial score (nSPS) is 25.3. The van der Waals surface area contributed by atoms with Crippen molar-refractivity contribution in [2.24, 2.45) is 17.6 Å². The second kappa shape index (κ2) is 6.30. The van der Waals surface area contributed by atoms with Gasteiger partial charge in [-0.1, -0.05) is 19.1 Å². The maximum atomic E-state index is 12.8. The first-order valence-electron chi connectivity index (χ1n) is 6.86. The summed E-state index contributed by atoms with van der Waals surface area (Å²) in [6, 6.07) is 6.83. The van der Waals surface area contributed by atoms with Crippen LogP contribution in [0.5, 0.6) is 0 Å². The van der Waals surface area contributed by atoms with Crippen LogP contribution in [0, 0.1) is 17.7 Å².